The van der Waals surface area contributed by atoms with Crippen molar-refractivity contribution in [3.63, 3.8) is 0 Å². The largest absolute Gasteiger partial charge is 0.462 e. The minimum absolute atomic E-state index is 0.191. The van der Waals surface area contributed by atoms with Gasteiger partial charge in [0.25, 0.3) is 11.6 Å². The third kappa shape index (κ3) is 16.9. The van der Waals surface area contributed by atoms with E-state index in [-0.39, 0.29) is 26.4 Å². The Morgan fingerprint density at radius 1 is 0.325 bits per heavy atom. The van der Waals surface area contributed by atoms with Gasteiger partial charge in [-0.05, 0) is 151 Å². The Bertz CT molecular complexity index is 6210. The Morgan fingerprint density at radius 3 is 1.01 bits per heavy atom. The van der Waals surface area contributed by atoms with E-state index in [2.05, 4.69) is 149 Å². The van der Waals surface area contributed by atoms with E-state index in [1.807, 2.05) is 162 Å². The van der Waals surface area contributed by atoms with Crippen LogP contribution in [0.25, 0.3) is 67.8 Å². The van der Waals surface area contributed by atoms with E-state index in [1.165, 1.54) is 0 Å². The highest BCUT2D eigenvalue weighted by molar-refractivity contribution is 9.12. The molecule has 0 unspecified atom stereocenters. The second-order valence-corrected chi connectivity index (χ2v) is 33.2. The van der Waals surface area contributed by atoms with E-state index in [0.717, 1.165) is 59.6 Å². The summed E-state index contributed by atoms with van der Waals surface area (Å²) < 4.78 is 29.5. The number of imidazole rings is 2. The van der Waals surface area contributed by atoms with Crippen LogP contribution in [0.1, 0.15) is 103 Å². The smallest absolute Gasteiger partial charge is 0.338 e. The number of hydrogen-bond donors (Lipinski definition) is 0. The lowest BCUT2D eigenvalue weighted by Crippen LogP contribution is -2.32. The normalized spacial score (nSPS) is 13.1. The Kier molecular flexibility index (Phi) is 25.9. The van der Waals surface area contributed by atoms with Crippen LogP contribution in [0.2, 0.25) is 10.0 Å². The van der Waals surface area contributed by atoms with Gasteiger partial charge in [0.15, 0.2) is 0 Å². The summed E-state index contributed by atoms with van der Waals surface area (Å²) in [5, 5.41) is 1.10. The number of benzene rings is 12. The summed E-state index contributed by atoms with van der Waals surface area (Å²) in [7, 11) is 0. The fourth-order valence-electron chi connectivity index (χ4n) is 14.4. The molecular formula is C96H68Br6Cl2N8O8. The molecule has 0 aliphatic carbocycles. The second-order valence-electron chi connectivity index (χ2n) is 27.2. The van der Waals surface area contributed by atoms with Crippen LogP contribution in [0.4, 0.5) is 0 Å². The molecule has 16 nitrogen and oxygen atoms in total. The zero-order valence-corrected chi connectivity index (χ0v) is 75.4. The van der Waals surface area contributed by atoms with E-state index in [9.17, 15) is 19.2 Å². The number of carbonyl (C=O) groups excluding carboxylic acids is 4. The molecule has 0 saturated heterocycles. The average Bonchev–Trinajstić information content (AvgIpc) is 1.53. The lowest BCUT2D eigenvalue weighted by atomic mass is 9.98. The summed E-state index contributed by atoms with van der Waals surface area (Å²) in [5.41, 5.74) is 15.2. The van der Waals surface area contributed by atoms with E-state index in [1.54, 1.807) is 113 Å². The van der Waals surface area contributed by atoms with Gasteiger partial charge in [-0.25, -0.2) is 49.1 Å². The fourth-order valence-corrected chi connectivity index (χ4v) is 20.3. The monoisotopic (exact) mass is 2000 g/mol. The molecule has 12 aromatic carbocycles. The highest BCUT2D eigenvalue weighted by atomic mass is 79.9. The molecule has 0 fully saturated rings. The maximum absolute atomic E-state index is 13.2. The van der Waals surface area contributed by atoms with Crippen molar-refractivity contribution in [1.82, 2.24) is 19.1 Å². The SMILES string of the molecule is CCOC(=O)c1ccc(C2=NC(c3c(Br)cc(Br)cc3Br)(n3c(-c4c(Br)cc(Br)cc4Br)nc(-c4ccc(C(=O)OCC)cc4)c3-c3ccc(C(=O)OCC)cc3)N=C2c2ccc(C(=O)OCC)cc2)cc1.Clc1ccccc1-c1nc(-c2ccccc2)c(-c2ccccc2)n1C1(c2ccccc2Cl)N=C(c2ccccc2)C(c2ccccc2)=N1. The van der Waals surface area contributed by atoms with Crippen molar-refractivity contribution < 1.29 is 38.1 Å². The summed E-state index contributed by atoms with van der Waals surface area (Å²) in [5.74, 6) is -4.15. The van der Waals surface area contributed by atoms with Gasteiger partial charge in [-0.15, -0.1) is 0 Å². The Labute approximate surface area is 753 Å². The van der Waals surface area contributed by atoms with Crippen LogP contribution < -0.4 is 0 Å². The third-order valence-corrected chi connectivity index (χ3v) is 23.8. The zero-order chi connectivity index (χ0) is 83.9. The number of aromatic nitrogens is 4. The van der Waals surface area contributed by atoms with Crippen LogP contribution in [-0.2, 0) is 30.5 Å². The molecule has 4 heterocycles. The van der Waals surface area contributed by atoms with Crippen LogP contribution in [0.5, 0.6) is 0 Å². The van der Waals surface area contributed by atoms with Gasteiger partial charge in [0.2, 0.25) is 0 Å². The number of carbonyl (C=O) groups is 4. The van der Waals surface area contributed by atoms with E-state index < -0.39 is 35.5 Å². The average molecular weight is 2010 g/mol. The van der Waals surface area contributed by atoms with Crippen molar-refractivity contribution in [2.24, 2.45) is 20.0 Å². The van der Waals surface area contributed by atoms with E-state index in [0.29, 0.717) is 124 Å². The Hall–Kier alpha value is -10.9. The molecule has 0 atom stereocenters. The molecule has 0 N–H and O–H groups in total. The first-order valence-corrected chi connectivity index (χ1v) is 43.6. The molecule has 0 spiro atoms. The van der Waals surface area contributed by atoms with Gasteiger partial charge >= 0.3 is 23.9 Å². The lowest BCUT2D eigenvalue weighted by molar-refractivity contribution is 0.0516. The van der Waals surface area contributed by atoms with Gasteiger partial charge in [0.05, 0.1) is 110 Å². The molecule has 16 rings (SSSR count). The number of aliphatic imine (C=N–C) groups is 4. The topological polar surface area (TPSA) is 190 Å². The van der Waals surface area contributed by atoms with Crippen LogP contribution in [0.3, 0.4) is 0 Å². The predicted molar refractivity (Wildman–Crippen MR) is 496 cm³/mol. The molecule has 2 aromatic heterocycles. The van der Waals surface area contributed by atoms with Crippen molar-refractivity contribution in [3.8, 4) is 67.8 Å². The highest BCUT2D eigenvalue weighted by Crippen LogP contribution is 2.54. The van der Waals surface area contributed by atoms with Crippen molar-refractivity contribution in [1.29, 1.82) is 0 Å². The molecule has 24 heteroatoms. The van der Waals surface area contributed by atoms with Crippen LogP contribution >= 0.6 is 119 Å². The van der Waals surface area contributed by atoms with Gasteiger partial charge in [0.1, 0.15) is 11.6 Å². The number of hydrogen-bond acceptors (Lipinski definition) is 14. The lowest BCUT2D eigenvalue weighted by Gasteiger charge is -2.32. The first kappa shape index (κ1) is 84.1. The van der Waals surface area contributed by atoms with Gasteiger partial charge < -0.3 is 18.9 Å². The molecule has 0 amide bonds. The minimum Gasteiger partial charge on any atom is -0.462 e. The standard InChI is InChI=1S/C54H40Br6N4O8.C42H28Cl2N4/c1-5-69-50(65)33-17-9-29(10-18-33)45-46(30-11-19-34(20-12-30)51(66)70-6-2)63-54(62-45,44-41(59)27-38(56)28-42(44)60)64-48(32-15-23-36(24-16-32)53(68)72-8-4)47(31-13-21-35(22-14-31)52(67)71-7-3)61-49(64)43-39(57)25-37(55)26-40(43)58;43-35-27-15-13-25-33(35)41-45-39(31-21-9-3-10-22-31)40(32-23-11-4-12-24-32)48(41)42(34-26-14-16-28-36(34)44)46-37(29-17-5-1-6-18-29)38(47-42)30-19-7-2-8-20-30/h9-28H,5-8H2,1-4H3;1-28H. The zero-order valence-electron chi connectivity index (χ0n) is 64.4. The summed E-state index contributed by atoms with van der Waals surface area (Å²) in [6.45, 7) is 7.79. The van der Waals surface area contributed by atoms with Gasteiger partial charge in [-0.3, -0.25) is 9.13 Å². The fraction of sp³-hybridized carbons (Fsp3) is 0.104. The van der Waals surface area contributed by atoms with Gasteiger partial charge in [-0.1, -0.05) is 287 Å². The van der Waals surface area contributed by atoms with Crippen molar-refractivity contribution in [3.05, 3.63) is 384 Å². The van der Waals surface area contributed by atoms with Crippen molar-refractivity contribution >= 4 is 166 Å². The number of ether oxygens (including phenoxy) is 4. The van der Waals surface area contributed by atoms with Gasteiger partial charge in [-0.2, -0.15) is 0 Å². The minimum atomic E-state index is -1.82. The first-order valence-electron chi connectivity index (χ1n) is 38.0. The quantitative estimate of drug-likeness (QED) is 0.0466. The number of rotatable bonds is 22. The molecule has 0 saturated carbocycles. The molecular weight excluding hydrogens is 1940 g/mol. The van der Waals surface area contributed by atoms with E-state index in [4.69, 9.17) is 72.1 Å². The maximum atomic E-state index is 13.2. The maximum Gasteiger partial charge on any atom is 0.338 e. The van der Waals surface area contributed by atoms with Crippen molar-refractivity contribution in [2.75, 3.05) is 26.4 Å². The van der Waals surface area contributed by atoms with Crippen LogP contribution in [0, 0.1) is 0 Å². The first-order chi connectivity index (χ1) is 58.3. The summed E-state index contributed by atoms with van der Waals surface area (Å²) in [6.07, 6.45) is 0. The Morgan fingerprint density at radius 2 is 0.617 bits per heavy atom. The van der Waals surface area contributed by atoms with Crippen LogP contribution in [-0.4, -0.2) is 92.3 Å². The highest BCUT2D eigenvalue weighted by Gasteiger charge is 2.50. The van der Waals surface area contributed by atoms with Crippen LogP contribution in [0.15, 0.2) is 338 Å². The number of esters is 4. The Balaban J connectivity index is 0.000000202. The third-order valence-electron chi connectivity index (χ3n) is 19.7. The predicted octanol–water partition coefficient (Wildman–Crippen LogP) is 25.7. The summed E-state index contributed by atoms with van der Waals surface area (Å²) in [6, 6.07) is 91.8. The molecule has 2 aliphatic rings. The molecule has 596 valence electrons. The molecule has 120 heavy (non-hydrogen) atoms. The molecule has 0 radical (unpaired) electrons. The second kappa shape index (κ2) is 37.0. The van der Waals surface area contributed by atoms with Gasteiger partial charge in [0, 0.05) is 88.0 Å². The summed E-state index contributed by atoms with van der Waals surface area (Å²) in [4.78, 5) is 86.0. The summed E-state index contributed by atoms with van der Waals surface area (Å²) >= 11 is 37.2. The molecule has 0 bridgehead atoms. The number of halogens is 8. The van der Waals surface area contributed by atoms with E-state index >= 15 is 0 Å². The number of nitrogens with zero attached hydrogens (tertiary/aromatic N) is 8. The molecule has 2 aliphatic heterocycles. The molecule has 14 aromatic rings. The van der Waals surface area contributed by atoms with Crippen molar-refractivity contribution in [2.45, 2.75) is 39.3 Å².